The van der Waals surface area contributed by atoms with Gasteiger partial charge < -0.3 is 10.1 Å². The topological polar surface area (TPSA) is 55.4 Å². The van der Waals surface area contributed by atoms with Crippen LogP contribution in [0.25, 0.3) is 0 Å². The second-order valence-corrected chi connectivity index (χ2v) is 6.83. The van der Waals surface area contributed by atoms with Gasteiger partial charge in [0.15, 0.2) is 9.84 Å². The van der Waals surface area contributed by atoms with Gasteiger partial charge in [0, 0.05) is 6.54 Å². The van der Waals surface area contributed by atoms with Crippen LogP contribution >= 0.6 is 0 Å². The van der Waals surface area contributed by atoms with E-state index in [1.165, 1.54) is 11.1 Å². The summed E-state index contributed by atoms with van der Waals surface area (Å²) < 4.78 is 27.7. The lowest BCUT2D eigenvalue weighted by molar-refractivity contribution is 0.230. The first-order chi connectivity index (χ1) is 8.12. The quantitative estimate of drug-likeness (QED) is 0.834. The Morgan fingerprint density at radius 1 is 1.24 bits per heavy atom. The average molecular weight is 253 g/mol. The average Bonchev–Trinajstić information content (AvgIpc) is 2.26. The maximum absolute atomic E-state index is 11.0. The molecule has 4 nitrogen and oxygen atoms in total. The van der Waals surface area contributed by atoms with Crippen LogP contribution in [0, 0.1) is 0 Å². The van der Waals surface area contributed by atoms with Crippen molar-refractivity contribution >= 4 is 9.84 Å². The fourth-order valence-corrected chi connectivity index (χ4v) is 3.48. The summed E-state index contributed by atoms with van der Waals surface area (Å²) >= 11 is 0. The van der Waals surface area contributed by atoms with E-state index >= 15 is 0 Å². The number of rotatable bonds is 2. The highest BCUT2D eigenvalue weighted by Gasteiger charge is 2.35. The Balaban J connectivity index is 1.72. The Morgan fingerprint density at radius 3 is 2.82 bits per heavy atom. The highest BCUT2D eigenvalue weighted by atomic mass is 32.2. The molecule has 17 heavy (non-hydrogen) atoms. The largest absolute Gasteiger partial charge is 0.488 e. The number of benzene rings is 1. The Hall–Kier alpha value is -1.07. The lowest BCUT2D eigenvalue weighted by Crippen LogP contribution is -2.45. The van der Waals surface area contributed by atoms with Gasteiger partial charge in [0.05, 0.1) is 11.5 Å². The van der Waals surface area contributed by atoms with Crippen LogP contribution in [0.5, 0.6) is 5.75 Å². The summed E-state index contributed by atoms with van der Waals surface area (Å²) in [7, 11) is -2.80. The van der Waals surface area contributed by atoms with Gasteiger partial charge in [-0.2, -0.15) is 0 Å². The van der Waals surface area contributed by atoms with Gasteiger partial charge in [-0.05, 0) is 36.2 Å². The minimum Gasteiger partial charge on any atom is -0.488 e. The van der Waals surface area contributed by atoms with Gasteiger partial charge in [-0.1, -0.05) is 6.07 Å². The van der Waals surface area contributed by atoms with Crippen molar-refractivity contribution in [2.75, 3.05) is 18.1 Å². The first-order valence-electron chi connectivity index (χ1n) is 5.82. The molecule has 92 valence electrons. The van der Waals surface area contributed by atoms with Crippen molar-refractivity contribution in [2.24, 2.45) is 0 Å². The molecule has 0 bridgehead atoms. The molecule has 0 atom stereocenters. The molecule has 1 fully saturated rings. The highest BCUT2D eigenvalue weighted by molar-refractivity contribution is 7.92. The lowest BCUT2D eigenvalue weighted by Gasteiger charge is -2.27. The second kappa shape index (κ2) is 3.99. The Bertz CT molecular complexity index is 527. The van der Waals surface area contributed by atoms with Crippen molar-refractivity contribution in [3.8, 4) is 5.75 Å². The van der Waals surface area contributed by atoms with Crippen molar-refractivity contribution in [1.29, 1.82) is 0 Å². The van der Waals surface area contributed by atoms with Gasteiger partial charge >= 0.3 is 0 Å². The standard InChI is InChI=1S/C12H15NO3S/c14-17(15)7-12(8-17)16-11-2-1-10-6-13-4-3-9(10)5-11/h1-2,5,12-13H,3-4,6-8H2. The zero-order chi connectivity index (χ0) is 11.9. The van der Waals surface area contributed by atoms with Gasteiger partial charge in [-0.3, -0.25) is 0 Å². The van der Waals surface area contributed by atoms with E-state index in [2.05, 4.69) is 11.4 Å². The van der Waals surface area contributed by atoms with Gasteiger partial charge in [-0.15, -0.1) is 0 Å². The molecule has 0 aromatic heterocycles. The predicted octanol–water partition coefficient (Wildman–Crippen LogP) is 0.508. The number of ether oxygens (including phenoxy) is 1. The summed E-state index contributed by atoms with van der Waals surface area (Å²) in [5.41, 5.74) is 2.62. The molecule has 1 aromatic rings. The highest BCUT2D eigenvalue weighted by Crippen LogP contribution is 2.24. The maximum Gasteiger partial charge on any atom is 0.157 e. The van der Waals surface area contributed by atoms with E-state index in [1.807, 2.05) is 12.1 Å². The molecule has 0 unspecified atom stereocenters. The Morgan fingerprint density at radius 2 is 2.06 bits per heavy atom. The third kappa shape index (κ3) is 2.30. The molecule has 1 aromatic carbocycles. The molecular formula is C12H15NO3S. The molecule has 2 heterocycles. The van der Waals surface area contributed by atoms with Crippen LogP contribution in [0.2, 0.25) is 0 Å². The van der Waals surface area contributed by atoms with Crippen LogP contribution in [-0.4, -0.2) is 32.6 Å². The van der Waals surface area contributed by atoms with Crippen LogP contribution in [0.15, 0.2) is 18.2 Å². The number of fused-ring (bicyclic) bond motifs is 1. The first-order valence-corrected chi connectivity index (χ1v) is 7.64. The smallest absolute Gasteiger partial charge is 0.157 e. The van der Waals surface area contributed by atoms with E-state index < -0.39 is 9.84 Å². The summed E-state index contributed by atoms with van der Waals surface area (Å²) in [5.74, 6) is 1.11. The molecule has 0 amide bonds. The Kier molecular flexibility index (Phi) is 2.60. The summed E-state index contributed by atoms with van der Waals surface area (Å²) in [6.45, 7) is 1.90. The van der Waals surface area contributed by atoms with E-state index in [0.29, 0.717) is 0 Å². The van der Waals surface area contributed by atoms with Crippen molar-refractivity contribution < 1.29 is 13.2 Å². The molecule has 0 saturated carbocycles. The molecule has 3 rings (SSSR count). The molecule has 0 aliphatic carbocycles. The summed E-state index contributed by atoms with van der Waals surface area (Å²) in [5, 5.41) is 3.31. The van der Waals surface area contributed by atoms with Crippen LogP contribution in [-0.2, 0) is 22.8 Å². The minimum atomic E-state index is -2.80. The fourth-order valence-electron chi connectivity index (χ4n) is 2.31. The molecule has 2 aliphatic rings. The maximum atomic E-state index is 11.0. The number of nitrogens with one attached hydrogen (secondary N) is 1. The molecule has 0 spiro atoms. The van der Waals surface area contributed by atoms with Gasteiger partial charge in [0.25, 0.3) is 0 Å². The zero-order valence-electron chi connectivity index (χ0n) is 9.48. The fraction of sp³-hybridized carbons (Fsp3) is 0.500. The third-order valence-corrected chi connectivity index (χ3v) is 5.01. The molecule has 1 N–H and O–H groups in total. The summed E-state index contributed by atoms with van der Waals surface area (Å²) in [6.07, 6.45) is 0.856. The van der Waals surface area contributed by atoms with E-state index in [4.69, 9.17) is 4.74 Å². The van der Waals surface area contributed by atoms with Crippen molar-refractivity contribution in [1.82, 2.24) is 5.32 Å². The van der Waals surface area contributed by atoms with Crippen LogP contribution in [0.3, 0.4) is 0 Å². The summed E-state index contributed by atoms with van der Waals surface area (Å²) in [4.78, 5) is 0. The van der Waals surface area contributed by atoms with Gasteiger partial charge in [0.1, 0.15) is 11.9 Å². The van der Waals surface area contributed by atoms with Crippen LogP contribution in [0.4, 0.5) is 0 Å². The molecule has 0 radical (unpaired) electrons. The van der Waals surface area contributed by atoms with Crippen LogP contribution in [0.1, 0.15) is 11.1 Å². The number of hydrogen-bond donors (Lipinski definition) is 1. The van der Waals surface area contributed by atoms with E-state index in [-0.39, 0.29) is 17.6 Å². The predicted molar refractivity (Wildman–Crippen MR) is 64.9 cm³/mol. The molecular weight excluding hydrogens is 238 g/mol. The SMILES string of the molecule is O=S1(=O)CC(Oc2ccc3c(c2)CCNC3)C1. The van der Waals surface area contributed by atoms with Gasteiger partial charge in [-0.25, -0.2) is 8.42 Å². The molecule has 2 aliphatic heterocycles. The normalized spacial score (nSPS) is 22.6. The Labute approximate surface area is 101 Å². The monoisotopic (exact) mass is 253 g/mol. The zero-order valence-corrected chi connectivity index (χ0v) is 10.3. The molecule has 1 saturated heterocycles. The van der Waals surface area contributed by atoms with Gasteiger partial charge in [0.2, 0.25) is 0 Å². The van der Waals surface area contributed by atoms with Crippen LogP contribution < -0.4 is 10.1 Å². The summed E-state index contributed by atoms with van der Waals surface area (Å²) in [6, 6.07) is 6.03. The van der Waals surface area contributed by atoms with E-state index in [9.17, 15) is 8.42 Å². The second-order valence-electron chi connectivity index (χ2n) is 4.67. The van der Waals surface area contributed by atoms with Crippen molar-refractivity contribution in [3.63, 3.8) is 0 Å². The third-order valence-electron chi connectivity index (χ3n) is 3.25. The van der Waals surface area contributed by atoms with E-state index in [1.54, 1.807) is 0 Å². The van der Waals surface area contributed by atoms with E-state index in [0.717, 1.165) is 25.3 Å². The van der Waals surface area contributed by atoms with Crippen molar-refractivity contribution in [2.45, 2.75) is 19.1 Å². The van der Waals surface area contributed by atoms with Crippen molar-refractivity contribution in [3.05, 3.63) is 29.3 Å². The first kappa shape index (κ1) is 11.0. The minimum absolute atomic E-state index is 0.153. The molecule has 5 heteroatoms. The number of hydrogen-bond acceptors (Lipinski definition) is 4. The lowest BCUT2D eigenvalue weighted by atomic mass is 10.0. The number of sulfone groups is 1.